The minimum Gasteiger partial charge on any atom is -0.478 e. The van der Waals surface area contributed by atoms with Crippen LogP contribution in [0, 0.1) is 11.3 Å². The lowest BCUT2D eigenvalue weighted by molar-refractivity contribution is -0.132. The van der Waals surface area contributed by atoms with Crippen LogP contribution >= 0.6 is 11.3 Å². The third kappa shape index (κ3) is 4.28. The fraction of sp³-hybridized carbons (Fsp3) is 0.500. The summed E-state index contributed by atoms with van der Waals surface area (Å²) in [5.74, 6) is -1.81. The lowest BCUT2D eigenvalue weighted by Gasteiger charge is -2.33. The number of rotatable bonds is 4. The number of carboxylic acids is 1. The SMILES string of the molecule is C/C(=C\C(=O)Nc1sc2c(c1C(N)=O)CCC(C(C)(C)C)C2)C(=O)O. The van der Waals surface area contributed by atoms with Crippen molar-refractivity contribution in [3.05, 3.63) is 27.7 Å². The summed E-state index contributed by atoms with van der Waals surface area (Å²) >= 11 is 1.36. The molecule has 0 saturated carbocycles. The highest BCUT2D eigenvalue weighted by atomic mass is 32.1. The minimum absolute atomic E-state index is 0.0766. The van der Waals surface area contributed by atoms with Crippen molar-refractivity contribution in [2.75, 3.05) is 5.32 Å². The molecule has 0 aliphatic heterocycles. The number of thiophene rings is 1. The summed E-state index contributed by atoms with van der Waals surface area (Å²) in [6.45, 7) is 7.94. The van der Waals surface area contributed by atoms with Crippen LogP contribution in [0.25, 0.3) is 0 Å². The average Bonchev–Trinajstić information content (AvgIpc) is 2.82. The molecule has 2 amide bonds. The molecule has 0 fully saturated rings. The number of carbonyl (C=O) groups excluding carboxylic acids is 2. The van der Waals surface area contributed by atoms with Crippen LogP contribution in [0.15, 0.2) is 11.6 Å². The average molecular weight is 364 g/mol. The number of amides is 2. The Morgan fingerprint density at radius 2 is 1.96 bits per heavy atom. The molecule has 1 aromatic rings. The van der Waals surface area contributed by atoms with Crippen molar-refractivity contribution >= 4 is 34.1 Å². The van der Waals surface area contributed by atoms with Crippen LogP contribution in [0.4, 0.5) is 5.00 Å². The van der Waals surface area contributed by atoms with Gasteiger partial charge in [0.1, 0.15) is 5.00 Å². The Labute approximate surface area is 151 Å². The Bertz CT molecular complexity index is 756. The molecule has 4 N–H and O–H groups in total. The second-order valence-electron chi connectivity index (χ2n) is 7.50. The zero-order valence-electron chi connectivity index (χ0n) is 14.9. The van der Waals surface area contributed by atoms with Crippen LogP contribution in [-0.4, -0.2) is 22.9 Å². The summed E-state index contributed by atoms with van der Waals surface area (Å²) in [5.41, 5.74) is 6.91. The Balaban J connectivity index is 2.33. The first-order valence-corrected chi connectivity index (χ1v) is 8.99. The minimum atomic E-state index is -1.16. The van der Waals surface area contributed by atoms with Crippen molar-refractivity contribution in [3.63, 3.8) is 0 Å². The fourth-order valence-electron chi connectivity index (χ4n) is 3.08. The van der Waals surface area contributed by atoms with Gasteiger partial charge in [-0.05, 0) is 43.1 Å². The maximum atomic E-state index is 12.0. The molecule has 1 heterocycles. The molecule has 25 heavy (non-hydrogen) atoms. The van der Waals surface area contributed by atoms with Crippen LogP contribution in [0.2, 0.25) is 0 Å². The number of nitrogens with two attached hydrogens (primary N) is 1. The maximum Gasteiger partial charge on any atom is 0.331 e. The zero-order valence-corrected chi connectivity index (χ0v) is 15.8. The lowest BCUT2D eigenvalue weighted by atomic mass is 9.72. The van der Waals surface area contributed by atoms with Gasteiger partial charge in [0, 0.05) is 16.5 Å². The third-order valence-corrected chi connectivity index (χ3v) is 5.83. The number of anilines is 1. The van der Waals surface area contributed by atoms with Gasteiger partial charge in [0.05, 0.1) is 5.56 Å². The second-order valence-corrected chi connectivity index (χ2v) is 8.60. The third-order valence-electron chi connectivity index (χ3n) is 4.66. The molecule has 136 valence electrons. The van der Waals surface area contributed by atoms with E-state index >= 15 is 0 Å². The van der Waals surface area contributed by atoms with Crippen LogP contribution in [0.1, 0.15) is 54.9 Å². The number of fused-ring (bicyclic) bond motifs is 1. The van der Waals surface area contributed by atoms with Gasteiger partial charge in [-0.1, -0.05) is 20.8 Å². The number of carbonyl (C=O) groups is 3. The molecule has 2 rings (SSSR count). The maximum absolute atomic E-state index is 12.0. The van der Waals surface area contributed by atoms with Gasteiger partial charge in [0.15, 0.2) is 0 Å². The summed E-state index contributed by atoms with van der Waals surface area (Å²) in [6.07, 6.45) is 3.58. The number of nitrogens with one attached hydrogen (secondary N) is 1. The highest BCUT2D eigenvalue weighted by molar-refractivity contribution is 7.17. The van der Waals surface area contributed by atoms with Crippen molar-refractivity contribution in [2.24, 2.45) is 17.1 Å². The summed E-state index contributed by atoms with van der Waals surface area (Å²) in [6, 6.07) is 0. The fourth-order valence-corrected chi connectivity index (χ4v) is 4.42. The molecular weight excluding hydrogens is 340 g/mol. The van der Waals surface area contributed by atoms with Gasteiger partial charge in [-0.25, -0.2) is 4.79 Å². The highest BCUT2D eigenvalue weighted by Gasteiger charge is 2.33. The quantitative estimate of drug-likeness (QED) is 0.713. The molecule has 0 bridgehead atoms. The van der Waals surface area contributed by atoms with E-state index in [9.17, 15) is 14.4 Å². The molecule has 1 aliphatic carbocycles. The van der Waals surface area contributed by atoms with E-state index in [-0.39, 0.29) is 11.0 Å². The summed E-state index contributed by atoms with van der Waals surface area (Å²) < 4.78 is 0. The largest absolute Gasteiger partial charge is 0.478 e. The number of hydrogen-bond donors (Lipinski definition) is 3. The van der Waals surface area contributed by atoms with Crippen molar-refractivity contribution in [2.45, 2.75) is 47.0 Å². The Hall–Kier alpha value is -2.15. The zero-order chi connectivity index (χ0) is 18.9. The van der Waals surface area contributed by atoms with Gasteiger partial charge in [0.25, 0.3) is 5.91 Å². The molecule has 1 aromatic heterocycles. The normalized spacial score (nSPS) is 17.8. The molecule has 7 heteroatoms. The molecule has 0 aromatic carbocycles. The predicted molar refractivity (Wildman–Crippen MR) is 97.8 cm³/mol. The van der Waals surface area contributed by atoms with E-state index in [2.05, 4.69) is 26.1 Å². The van der Waals surface area contributed by atoms with Crippen LogP contribution < -0.4 is 11.1 Å². The van der Waals surface area contributed by atoms with E-state index in [0.29, 0.717) is 16.5 Å². The van der Waals surface area contributed by atoms with Crippen LogP contribution in [0.3, 0.4) is 0 Å². The number of aliphatic carboxylic acids is 1. The van der Waals surface area contributed by atoms with E-state index < -0.39 is 17.8 Å². The van der Waals surface area contributed by atoms with Crippen molar-refractivity contribution in [1.82, 2.24) is 0 Å². The predicted octanol–water partition coefficient (Wildman–Crippen LogP) is 2.97. The first-order valence-electron chi connectivity index (χ1n) is 8.17. The number of hydrogen-bond acceptors (Lipinski definition) is 4. The van der Waals surface area contributed by atoms with E-state index in [1.165, 1.54) is 18.3 Å². The molecule has 0 saturated heterocycles. The second kappa shape index (κ2) is 7.00. The molecule has 1 aliphatic rings. The highest BCUT2D eigenvalue weighted by Crippen LogP contribution is 2.44. The Morgan fingerprint density at radius 1 is 1.32 bits per heavy atom. The summed E-state index contributed by atoms with van der Waals surface area (Å²) in [4.78, 5) is 35.9. The summed E-state index contributed by atoms with van der Waals surface area (Å²) in [5, 5.41) is 11.9. The summed E-state index contributed by atoms with van der Waals surface area (Å²) in [7, 11) is 0. The molecular formula is C18H24N2O4S. The first kappa shape index (κ1) is 19.2. The van der Waals surface area contributed by atoms with Crippen LogP contribution in [0.5, 0.6) is 0 Å². The lowest BCUT2D eigenvalue weighted by Crippen LogP contribution is -2.27. The van der Waals surface area contributed by atoms with Gasteiger partial charge in [0.2, 0.25) is 5.91 Å². The van der Waals surface area contributed by atoms with E-state index in [1.54, 1.807) is 0 Å². The Morgan fingerprint density at radius 3 is 2.48 bits per heavy atom. The first-order chi connectivity index (χ1) is 11.5. The van der Waals surface area contributed by atoms with Crippen LogP contribution in [-0.2, 0) is 22.4 Å². The van der Waals surface area contributed by atoms with Gasteiger partial charge in [-0.2, -0.15) is 0 Å². The molecule has 1 atom stereocenters. The van der Waals surface area contributed by atoms with Gasteiger partial charge >= 0.3 is 5.97 Å². The molecule has 0 spiro atoms. The molecule has 1 unspecified atom stereocenters. The number of carboxylic acid groups (broad SMARTS) is 1. The number of primary amides is 1. The van der Waals surface area contributed by atoms with E-state index in [1.807, 2.05) is 0 Å². The van der Waals surface area contributed by atoms with E-state index in [0.717, 1.165) is 35.8 Å². The Kier molecular flexibility index (Phi) is 5.37. The molecule has 6 nitrogen and oxygen atoms in total. The smallest absolute Gasteiger partial charge is 0.331 e. The van der Waals surface area contributed by atoms with E-state index in [4.69, 9.17) is 10.8 Å². The standard InChI is InChI=1S/C18H24N2O4S/c1-9(17(23)24)7-13(21)20-16-14(15(19)22)11-6-5-10(18(2,3)4)8-12(11)25-16/h7,10H,5-6,8H2,1-4H3,(H2,19,22)(H,20,21)(H,23,24)/b9-7+. The van der Waals surface area contributed by atoms with Crippen molar-refractivity contribution < 1.29 is 19.5 Å². The van der Waals surface area contributed by atoms with Gasteiger partial charge in [-0.15, -0.1) is 11.3 Å². The molecule has 0 radical (unpaired) electrons. The van der Waals surface area contributed by atoms with Gasteiger partial charge in [-0.3, -0.25) is 9.59 Å². The van der Waals surface area contributed by atoms with Crippen molar-refractivity contribution in [1.29, 1.82) is 0 Å². The topological polar surface area (TPSA) is 109 Å². The van der Waals surface area contributed by atoms with Gasteiger partial charge < -0.3 is 16.2 Å². The monoisotopic (exact) mass is 364 g/mol. The van der Waals surface area contributed by atoms with Crippen molar-refractivity contribution in [3.8, 4) is 0 Å².